The highest BCUT2D eigenvalue weighted by Crippen LogP contribution is 2.30. The molecule has 1 amide bonds. The van der Waals surface area contributed by atoms with E-state index >= 15 is 0 Å². The predicted molar refractivity (Wildman–Crippen MR) is 112 cm³/mol. The molecule has 3 aromatic rings. The van der Waals surface area contributed by atoms with Crippen LogP contribution in [0, 0.1) is 0 Å². The Morgan fingerprint density at radius 3 is 2.73 bits per heavy atom. The van der Waals surface area contributed by atoms with E-state index in [0.717, 1.165) is 22.5 Å². The van der Waals surface area contributed by atoms with E-state index in [1.54, 1.807) is 36.1 Å². The number of halogens is 1. The van der Waals surface area contributed by atoms with E-state index in [2.05, 4.69) is 10.2 Å². The van der Waals surface area contributed by atoms with Crippen molar-refractivity contribution in [3.05, 3.63) is 70.4 Å². The van der Waals surface area contributed by atoms with Gasteiger partial charge in [0.2, 0.25) is 0 Å². The summed E-state index contributed by atoms with van der Waals surface area (Å²) < 4.78 is 9.78. The van der Waals surface area contributed by atoms with Gasteiger partial charge in [-0.1, -0.05) is 23.7 Å². The number of nitrogens with one attached hydrogen (secondary N) is 1. The Morgan fingerprint density at radius 2 is 2.00 bits per heavy atom. The van der Waals surface area contributed by atoms with Crippen LogP contribution in [0.1, 0.15) is 28.5 Å². The molecule has 2 aromatic carbocycles. The van der Waals surface area contributed by atoms with Crippen LogP contribution in [0.4, 0.5) is 4.79 Å². The van der Waals surface area contributed by atoms with Crippen LogP contribution in [0.5, 0.6) is 5.75 Å². The smallest absolute Gasteiger partial charge is 0.434 e. The minimum atomic E-state index is -0.770. The number of rotatable bonds is 4. The van der Waals surface area contributed by atoms with Crippen LogP contribution in [0.3, 0.4) is 0 Å². The minimum Gasteiger partial charge on any atom is -0.434 e. The van der Waals surface area contributed by atoms with Crippen molar-refractivity contribution in [1.29, 1.82) is 0 Å². The van der Waals surface area contributed by atoms with Crippen LogP contribution in [-0.4, -0.2) is 40.3 Å². The molecule has 1 N–H and O–H groups in total. The first-order valence-electron chi connectivity index (χ1n) is 9.61. The maximum atomic E-state index is 13.0. The zero-order valence-corrected chi connectivity index (χ0v) is 17.1. The summed E-state index contributed by atoms with van der Waals surface area (Å²) >= 11 is 6.12. The lowest BCUT2D eigenvalue weighted by Gasteiger charge is -2.27. The topological polar surface area (TPSA) is 84.5 Å². The Hall–Kier alpha value is -3.32. The third kappa shape index (κ3) is 4.16. The first-order valence-corrected chi connectivity index (χ1v) is 9.99. The van der Waals surface area contributed by atoms with E-state index in [1.165, 1.54) is 0 Å². The lowest BCUT2D eigenvalue weighted by molar-refractivity contribution is 0.0734. The van der Waals surface area contributed by atoms with Crippen molar-refractivity contribution >= 4 is 23.7 Å². The average molecular weight is 426 g/mol. The molecule has 30 heavy (non-hydrogen) atoms. The number of carbonyl (C=O) groups excluding carboxylic acids is 2. The number of nitrogens with zero attached hydrogens (tertiary/aromatic N) is 2. The van der Waals surface area contributed by atoms with Gasteiger partial charge in [0, 0.05) is 46.9 Å². The van der Waals surface area contributed by atoms with Gasteiger partial charge < -0.3 is 14.4 Å². The Morgan fingerprint density at radius 1 is 1.20 bits per heavy atom. The third-order valence-electron chi connectivity index (χ3n) is 4.88. The zero-order chi connectivity index (χ0) is 21.1. The maximum Gasteiger partial charge on any atom is 0.513 e. The van der Waals surface area contributed by atoms with Crippen molar-refractivity contribution in [2.75, 3.05) is 13.2 Å². The van der Waals surface area contributed by atoms with Crippen molar-refractivity contribution < 1.29 is 19.1 Å². The van der Waals surface area contributed by atoms with Crippen LogP contribution in [0.15, 0.2) is 48.5 Å². The van der Waals surface area contributed by atoms with Gasteiger partial charge >= 0.3 is 6.16 Å². The maximum absolute atomic E-state index is 13.0. The molecular weight excluding hydrogens is 406 g/mol. The molecule has 0 unspecified atom stereocenters. The fourth-order valence-electron chi connectivity index (χ4n) is 3.43. The summed E-state index contributed by atoms with van der Waals surface area (Å²) in [5, 5.41) is 8.17. The van der Waals surface area contributed by atoms with Crippen molar-refractivity contribution in [3.63, 3.8) is 0 Å². The Balaban J connectivity index is 1.50. The fourth-order valence-corrected chi connectivity index (χ4v) is 3.62. The van der Waals surface area contributed by atoms with Crippen LogP contribution in [0.25, 0.3) is 11.3 Å². The van der Waals surface area contributed by atoms with Gasteiger partial charge in [0.15, 0.2) is 0 Å². The largest absolute Gasteiger partial charge is 0.513 e. The van der Waals surface area contributed by atoms with Crippen LogP contribution in [-0.2, 0) is 17.7 Å². The monoisotopic (exact) mass is 425 g/mol. The Bertz CT molecular complexity index is 1080. The molecule has 0 fully saturated rings. The van der Waals surface area contributed by atoms with E-state index in [-0.39, 0.29) is 12.5 Å². The molecule has 0 saturated carbocycles. The first-order chi connectivity index (χ1) is 14.5. The number of ether oxygens (including phenoxy) is 2. The molecule has 0 atom stereocenters. The molecule has 0 spiro atoms. The standard InChI is InChI=1S/C22H20ClN3O4/c1-2-29-22(28)30-17-8-6-14(7-9-17)21(27)26-11-10-19-18(13-26)20(25-24-19)15-4-3-5-16(23)12-15/h3-9,12H,2,10-11,13H2,1H3,(H,24,25). The van der Waals surface area contributed by atoms with Crippen molar-refractivity contribution in [2.24, 2.45) is 0 Å². The summed E-state index contributed by atoms with van der Waals surface area (Å²) in [5.74, 6) is 0.227. The van der Waals surface area contributed by atoms with Gasteiger partial charge in [0.05, 0.1) is 12.3 Å². The highest BCUT2D eigenvalue weighted by atomic mass is 35.5. The van der Waals surface area contributed by atoms with Crippen LogP contribution in [0.2, 0.25) is 5.02 Å². The van der Waals surface area contributed by atoms with Crippen molar-refractivity contribution in [1.82, 2.24) is 15.1 Å². The van der Waals surface area contributed by atoms with E-state index in [0.29, 0.717) is 35.8 Å². The molecule has 1 aliphatic heterocycles. The zero-order valence-electron chi connectivity index (χ0n) is 16.4. The van der Waals surface area contributed by atoms with Gasteiger partial charge in [-0.15, -0.1) is 0 Å². The minimum absolute atomic E-state index is 0.0958. The Kier molecular flexibility index (Phi) is 5.72. The lowest BCUT2D eigenvalue weighted by Crippen LogP contribution is -2.35. The fraction of sp³-hybridized carbons (Fsp3) is 0.227. The highest BCUT2D eigenvalue weighted by Gasteiger charge is 2.26. The second-order valence-corrected chi connectivity index (χ2v) is 7.26. The molecule has 154 valence electrons. The first kappa shape index (κ1) is 20.0. The molecule has 0 saturated heterocycles. The molecule has 2 heterocycles. The number of H-pyrrole nitrogens is 1. The predicted octanol–water partition coefficient (Wildman–Crippen LogP) is 4.46. The Labute approximate surface area is 178 Å². The van der Waals surface area contributed by atoms with Gasteiger partial charge in [-0.05, 0) is 43.3 Å². The average Bonchev–Trinajstić information content (AvgIpc) is 3.17. The summed E-state index contributed by atoms with van der Waals surface area (Å²) in [6.45, 7) is 2.97. The third-order valence-corrected chi connectivity index (χ3v) is 5.12. The number of aromatic nitrogens is 2. The highest BCUT2D eigenvalue weighted by molar-refractivity contribution is 6.30. The summed E-state index contributed by atoms with van der Waals surface area (Å²) in [6.07, 6.45) is -0.0766. The number of amides is 1. The summed E-state index contributed by atoms with van der Waals surface area (Å²) in [4.78, 5) is 26.2. The molecule has 1 aliphatic rings. The van der Waals surface area contributed by atoms with Gasteiger partial charge in [0.25, 0.3) is 5.91 Å². The number of fused-ring (bicyclic) bond motifs is 1. The number of hydrogen-bond donors (Lipinski definition) is 1. The number of aromatic amines is 1. The normalized spacial score (nSPS) is 12.9. The summed E-state index contributed by atoms with van der Waals surface area (Å²) in [5.41, 5.74) is 4.27. The lowest BCUT2D eigenvalue weighted by atomic mass is 10.0. The van der Waals surface area contributed by atoms with Crippen molar-refractivity contribution in [2.45, 2.75) is 19.9 Å². The van der Waals surface area contributed by atoms with E-state index < -0.39 is 6.16 Å². The molecule has 0 radical (unpaired) electrons. The molecule has 8 heteroatoms. The molecule has 1 aromatic heterocycles. The van der Waals surface area contributed by atoms with Crippen LogP contribution >= 0.6 is 11.6 Å². The second-order valence-electron chi connectivity index (χ2n) is 6.83. The summed E-state index contributed by atoms with van der Waals surface area (Å²) in [6, 6.07) is 13.9. The molecule has 0 bridgehead atoms. The SMILES string of the molecule is CCOC(=O)Oc1ccc(C(=O)N2CCc3[nH]nc(-c4cccc(Cl)c4)c3C2)cc1. The molecular formula is C22H20ClN3O4. The van der Waals surface area contributed by atoms with E-state index in [1.807, 2.05) is 24.3 Å². The number of benzene rings is 2. The van der Waals surface area contributed by atoms with Gasteiger partial charge in [0.1, 0.15) is 5.75 Å². The van der Waals surface area contributed by atoms with Crippen molar-refractivity contribution in [3.8, 4) is 17.0 Å². The quantitative estimate of drug-likeness (QED) is 0.492. The molecule has 7 nitrogen and oxygen atoms in total. The number of hydrogen-bond acceptors (Lipinski definition) is 5. The van der Waals surface area contributed by atoms with Gasteiger partial charge in [-0.25, -0.2) is 4.79 Å². The van der Waals surface area contributed by atoms with Gasteiger partial charge in [-0.3, -0.25) is 9.89 Å². The van der Waals surface area contributed by atoms with E-state index in [4.69, 9.17) is 21.1 Å². The molecule has 0 aliphatic carbocycles. The van der Waals surface area contributed by atoms with E-state index in [9.17, 15) is 9.59 Å². The number of carbonyl (C=O) groups is 2. The summed E-state index contributed by atoms with van der Waals surface area (Å²) in [7, 11) is 0. The van der Waals surface area contributed by atoms with Crippen LogP contribution < -0.4 is 4.74 Å². The molecule has 4 rings (SSSR count). The van der Waals surface area contributed by atoms with Gasteiger partial charge in [-0.2, -0.15) is 5.10 Å². The second kappa shape index (κ2) is 8.59.